The van der Waals surface area contributed by atoms with Gasteiger partial charge in [-0.2, -0.15) is 0 Å². The van der Waals surface area contributed by atoms with Gasteiger partial charge in [-0.15, -0.1) is 0 Å². The monoisotopic (exact) mass is 622 g/mol. The molecule has 43 heavy (non-hydrogen) atoms. The first-order chi connectivity index (χ1) is 20.1. The van der Waals surface area contributed by atoms with E-state index in [1.54, 1.807) is 12.1 Å². The molecule has 0 spiro atoms. The zero-order valence-electron chi connectivity index (χ0n) is 25.7. The van der Waals surface area contributed by atoms with Crippen molar-refractivity contribution in [2.45, 2.75) is 58.5 Å². The van der Waals surface area contributed by atoms with Crippen LogP contribution in [0.15, 0.2) is 29.2 Å². The van der Waals surface area contributed by atoms with E-state index in [4.69, 9.17) is 16.6 Å². The Balaban J connectivity index is 0.00000151. The van der Waals surface area contributed by atoms with Crippen molar-refractivity contribution in [1.29, 1.82) is 10.8 Å². The average Bonchev–Trinajstić information content (AvgIpc) is 2.94. The van der Waals surface area contributed by atoms with Gasteiger partial charge in [0.1, 0.15) is 28.0 Å². The lowest BCUT2D eigenvalue weighted by atomic mass is 9.64. The molecule has 0 saturated heterocycles. The quantitative estimate of drug-likeness (QED) is 0.122. The number of benzene rings is 1. The van der Waals surface area contributed by atoms with Crippen molar-refractivity contribution in [1.82, 2.24) is 9.58 Å². The topological polar surface area (TPSA) is 160 Å². The molecule has 3 rings (SSSR count). The van der Waals surface area contributed by atoms with Crippen LogP contribution in [0, 0.1) is 33.8 Å². The van der Waals surface area contributed by atoms with E-state index in [9.17, 15) is 28.6 Å². The summed E-state index contributed by atoms with van der Waals surface area (Å²) in [6.45, 7) is 7.05. The lowest BCUT2D eigenvalue weighted by Crippen LogP contribution is -2.65. The fourth-order valence-electron chi connectivity index (χ4n) is 5.42. The maximum atomic E-state index is 14.1. The first-order valence-corrected chi connectivity index (χ1v) is 14.9. The number of aldehydes is 1. The normalized spacial score (nSPS) is 19.4. The summed E-state index contributed by atoms with van der Waals surface area (Å²) in [7, 11) is 5.51. The van der Waals surface area contributed by atoms with Crippen molar-refractivity contribution in [2.24, 2.45) is 17.1 Å². The van der Waals surface area contributed by atoms with Crippen LogP contribution in [0.4, 0.5) is 8.78 Å². The summed E-state index contributed by atoms with van der Waals surface area (Å²) in [5.74, 6) is -2.32. The SMILES string of the molecule is CCCN.CN(C)C1(N(C)n2cc(C(=N)SC(=N)Cc3ccc(F)cc3F)c(=O)c(O)c2C=O)CCC(CO)C(C)(C)C1. The van der Waals surface area contributed by atoms with Gasteiger partial charge in [0.05, 0.1) is 10.6 Å². The molecule has 238 valence electrons. The van der Waals surface area contributed by atoms with Crippen molar-refractivity contribution in [3.05, 3.63) is 63.1 Å². The number of nitrogens with two attached hydrogens (primary N) is 1. The smallest absolute Gasteiger partial charge is 0.233 e. The zero-order chi connectivity index (χ0) is 32.7. The van der Waals surface area contributed by atoms with E-state index in [0.717, 1.165) is 19.0 Å². The molecule has 2 atom stereocenters. The van der Waals surface area contributed by atoms with E-state index in [2.05, 4.69) is 20.8 Å². The lowest BCUT2D eigenvalue weighted by Gasteiger charge is -2.56. The largest absolute Gasteiger partial charge is 0.503 e. The van der Waals surface area contributed by atoms with Gasteiger partial charge in [-0.1, -0.05) is 38.6 Å². The Labute approximate surface area is 255 Å². The van der Waals surface area contributed by atoms with Crippen LogP contribution in [0.2, 0.25) is 0 Å². The Hall–Kier alpha value is -3.13. The number of rotatable bonds is 9. The minimum absolute atomic E-state index is 0.0466. The number of hydrogen-bond acceptors (Lipinski definition) is 10. The third-order valence-corrected chi connectivity index (χ3v) is 8.97. The molecule has 1 fully saturated rings. The number of carbonyl (C=O) groups is 1. The van der Waals surface area contributed by atoms with Crippen molar-refractivity contribution in [2.75, 3.05) is 39.3 Å². The maximum absolute atomic E-state index is 14.1. The number of aliphatic hydroxyl groups excluding tert-OH is 1. The van der Waals surface area contributed by atoms with Crippen LogP contribution in [-0.4, -0.2) is 76.1 Å². The van der Waals surface area contributed by atoms with Crippen LogP contribution in [0.5, 0.6) is 5.75 Å². The third-order valence-electron chi connectivity index (χ3n) is 8.15. The highest BCUT2D eigenvalue weighted by Gasteiger charge is 2.49. The molecule has 10 nitrogen and oxygen atoms in total. The zero-order valence-corrected chi connectivity index (χ0v) is 26.5. The first-order valence-electron chi connectivity index (χ1n) is 14.0. The number of aromatic nitrogens is 1. The summed E-state index contributed by atoms with van der Waals surface area (Å²) in [6, 6.07) is 2.99. The molecule has 1 saturated carbocycles. The number of nitrogens with one attached hydrogen (secondary N) is 2. The molecular formula is C30H44F2N6O4S. The van der Waals surface area contributed by atoms with Crippen molar-refractivity contribution < 1.29 is 23.8 Å². The fourth-order valence-corrected chi connectivity index (χ4v) is 6.15. The standard InChI is InChI=1S/C27H35F2N5O4S.C3H9N/c1-26(2)15-27(32(3)4,9-8-17(26)13-35)33(5)34-12-19(23(37)24(38)21(34)14-36)25(31)39-22(30)10-16-6-7-18(28)11-20(16)29;1-2-3-4/h6-7,11-12,14,17,30-31,35,38H,8-10,13,15H2,1-5H3;2-4H2,1H3. The van der Waals surface area contributed by atoms with Gasteiger partial charge in [-0.25, -0.2) is 8.78 Å². The summed E-state index contributed by atoms with van der Waals surface area (Å²) in [6.07, 6.45) is 4.45. The molecule has 1 aromatic carbocycles. The van der Waals surface area contributed by atoms with Gasteiger partial charge in [0.2, 0.25) is 5.43 Å². The van der Waals surface area contributed by atoms with E-state index < -0.39 is 28.5 Å². The molecule has 13 heteroatoms. The highest BCUT2D eigenvalue weighted by molar-refractivity contribution is 8.26. The van der Waals surface area contributed by atoms with E-state index >= 15 is 0 Å². The van der Waals surface area contributed by atoms with Crippen LogP contribution >= 0.6 is 11.8 Å². The Morgan fingerprint density at radius 1 is 1.26 bits per heavy atom. The molecule has 2 unspecified atom stereocenters. The van der Waals surface area contributed by atoms with Gasteiger partial charge in [0.25, 0.3) is 0 Å². The van der Waals surface area contributed by atoms with E-state index in [1.807, 2.05) is 19.0 Å². The summed E-state index contributed by atoms with van der Waals surface area (Å²) in [4.78, 5) is 27.0. The number of thioether (sulfide) groups is 1. The van der Waals surface area contributed by atoms with Gasteiger partial charge in [0, 0.05) is 32.3 Å². The Morgan fingerprint density at radius 2 is 1.88 bits per heavy atom. The van der Waals surface area contributed by atoms with Crippen LogP contribution in [0.1, 0.15) is 68.1 Å². The van der Waals surface area contributed by atoms with E-state index in [1.165, 1.54) is 16.9 Å². The van der Waals surface area contributed by atoms with E-state index in [-0.39, 0.29) is 51.3 Å². The number of carbonyl (C=O) groups excluding carboxylic acids is 1. The fraction of sp³-hybridized carbons (Fsp3) is 0.533. The lowest BCUT2D eigenvalue weighted by molar-refractivity contribution is -0.0319. The van der Waals surface area contributed by atoms with Crippen LogP contribution in [0.3, 0.4) is 0 Å². The van der Waals surface area contributed by atoms with Gasteiger partial charge in [0.15, 0.2) is 12.0 Å². The second-order valence-electron chi connectivity index (χ2n) is 11.6. The minimum Gasteiger partial charge on any atom is -0.503 e. The molecule has 6 N–H and O–H groups in total. The second-order valence-corrected chi connectivity index (χ2v) is 12.7. The summed E-state index contributed by atoms with van der Waals surface area (Å²) in [5, 5.41) is 38.6. The van der Waals surface area contributed by atoms with Crippen LogP contribution in [0.25, 0.3) is 0 Å². The molecule has 0 radical (unpaired) electrons. The molecule has 1 aromatic heterocycles. The van der Waals surface area contributed by atoms with Crippen molar-refractivity contribution in [3.63, 3.8) is 0 Å². The number of aliphatic hydroxyl groups is 1. The van der Waals surface area contributed by atoms with Crippen molar-refractivity contribution in [3.8, 4) is 5.75 Å². The minimum atomic E-state index is -0.941. The average molecular weight is 623 g/mol. The Morgan fingerprint density at radius 3 is 2.37 bits per heavy atom. The molecule has 1 aliphatic rings. The molecule has 2 aromatic rings. The number of hydrogen-bond donors (Lipinski definition) is 5. The maximum Gasteiger partial charge on any atom is 0.233 e. The molecule has 1 aliphatic carbocycles. The number of nitrogens with zero attached hydrogens (tertiary/aromatic N) is 3. The summed E-state index contributed by atoms with van der Waals surface area (Å²) < 4.78 is 28.6. The summed E-state index contributed by atoms with van der Waals surface area (Å²) in [5.41, 5.74) is 2.68. The highest BCUT2D eigenvalue weighted by atomic mass is 32.2. The molecule has 1 heterocycles. The second kappa shape index (κ2) is 15.0. The van der Waals surface area contributed by atoms with Gasteiger partial charge >= 0.3 is 0 Å². The van der Waals surface area contributed by atoms with E-state index in [0.29, 0.717) is 43.4 Å². The highest BCUT2D eigenvalue weighted by Crippen LogP contribution is 2.47. The van der Waals surface area contributed by atoms with Gasteiger partial charge < -0.3 is 15.9 Å². The molecular weight excluding hydrogens is 578 g/mol. The molecule has 0 aliphatic heterocycles. The number of aromatic hydroxyl groups is 1. The summed E-state index contributed by atoms with van der Waals surface area (Å²) >= 11 is 0.598. The van der Waals surface area contributed by atoms with Gasteiger partial charge in [-0.3, -0.25) is 35.0 Å². The Kier molecular flexibility index (Phi) is 12.6. The number of halogens is 2. The van der Waals surface area contributed by atoms with Crippen molar-refractivity contribution >= 4 is 28.1 Å². The van der Waals surface area contributed by atoms with Crippen LogP contribution < -0.4 is 16.2 Å². The van der Waals surface area contributed by atoms with Gasteiger partial charge in [-0.05, 0) is 69.3 Å². The molecule has 0 amide bonds. The first kappa shape index (κ1) is 36.1. The number of pyridine rings is 1. The third kappa shape index (κ3) is 8.08. The predicted octanol–water partition coefficient (Wildman–Crippen LogP) is 3.92. The molecule has 0 bridgehead atoms. The van der Waals surface area contributed by atoms with Crippen LogP contribution in [-0.2, 0) is 6.42 Å². The Bertz CT molecular complexity index is 1380. The predicted molar refractivity (Wildman–Crippen MR) is 168 cm³/mol.